The third-order valence-corrected chi connectivity index (χ3v) is 5.88. The Bertz CT molecular complexity index is 553. The van der Waals surface area contributed by atoms with Gasteiger partial charge in [0.2, 0.25) is 5.91 Å². The fraction of sp³-hybridized carbons (Fsp3) is 0.556. The number of carbonyl (C=O) groups excluding carboxylic acids is 1. The van der Waals surface area contributed by atoms with E-state index < -0.39 is 10.0 Å². The number of nitrogens with zero attached hydrogens (tertiary/aromatic N) is 3. The number of carbonyl (C=O) groups is 1. The SMILES string of the molecule is Cc1nc(Cl)sc1S(=O)(=O)N(C)CC(=O)N(C)C. The molecule has 6 nitrogen and oxygen atoms in total. The number of halogens is 1. The van der Waals surface area contributed by atoms with Crippen LogP contribution in [0.5, 0.6) is 0 Å². The molecule has 0 radical (unpaired) electrons. The van der Waals surface area contributed by atoms with E-state index in [1.165, 1.54) is 11.9 Å². The maximum absolute atomic E-state index is 12.2. The van der Waals surface area contributed by atoms with Crippen LogP contribution in [-0.2, 0) is 14.8 Å². The highest BCUT2D eigenvalue weighted by Crippen LogP contribution is 2.28. The molecule has 0 aliphatic carbocycles. The first-order valence-electron chi connectivity index (χ1n) is 4.95. The number of aromatic nitrogens is 1. The van der Waals surface area contributed by atoms with Crippen LogP contribution < -0.4 is 0 Å². The van der Waals surface area contributed by atoms with Gasteiger partial charge in [0.15, 0.2) is 8.68 Å². The van der Waals surface area contributed by atoms with E-state index in [0.29, 0.717) is 5.69 Å². The molecule has 0 aliphatic heterocycles. The highest BCUT2D eigenvalue weighted by atomic mass is 35.5. The van der Waals surface area contributed by atoms with Gasteiger partial charge in [0, 0.05) is 21.1 Å². The van der Waals surface area contributed by atoms with Gasteiger partial charge in [-0.25, -0.2) is 13.4 Å². The van der Waals surface area contributed by atoms with Crippen LogP contribution in [0.15, 0.2) is 4.21 Å². The summed E-state index contributed by atoms with van der Waals surface area (Å²) < 4.78 is 25.6. The zero-order chi connectivity index (χ0) is 14.1. The maximum atomic E-state index is 12.2. The molecule has 9 heteroatoms. The number of rotatable bonds is 4. The fourth-order valence-corrected chi connectivity index (χ4v) is 4.19. The summed E-state index contributed by atoms with van der Waals surface area (Å²) in [4.78, 5) is 16.7. The van der Waals surface area contributed by atoms with Gasteiger partial charge in [-0.05, 0) is 6.92 Å². The monoisotopic (exact) mass is 311 g/mol. The van der Waals surface area contributed by atoms with Crippen molar-refractivity contribution in [1.82, 2.24) is 14.2 Å². The van der Waals surface area contributed by atoms with Crippen LogP contribution in [0, 0.1) is 6.92 Å². The molecule has 1 heterocycles. The van der Waals surface area contributed by atoms with E-state index in [2.05, 4.69) is 4.98 Å². The first-order valence-corrected chi connectivity index (χ1v) is 7.59. The Morgan fingerprint density at radius 3 is 2.33 bits per heavy atom. The zero-order valence-corrected chi connectivity index (χ0v) is 12.9. The molecule has 1 aromatic heterocycles. The van der Waals surface area contributed by atoms with Crippen LogP contribution in [0.3, 0.4) is 0 Å². The van der Waals surface area contributed by atoms with Crippen LogP contribution >= 0.6 is 22.9 Å². The third-order valence-electron chi connectivity index (χ3n) is 2.23. The molecule has 102 valence electrons. The van der Waals surface area contributed by atoms with E-state index in [9.17, 15) is 13.2 Å². The maximum Gasteiger partial charge on any atom is 0.254 e. The molecule has 0 unspecified atom stereocenters. The minimum Gasteiger partial charge on any atom is -0.348 e. The Balaban J connectivity index is 3.00. The molecule has 0 saturated carbocycles. The molecule has 0 fully saturated rings. The van der Waals surface area contributed by atoms with Crippen molar-refractivity contribution in [3.05, 3.63) is 10.2 Å². The van der Waals surface area contributed by atoms with Gasteiger partial charge in [-0.15, -0.1) is 0 Å². The smallest absolute Gasteiger partial charge is 0.254 e. The molecule has 0 atom stereocenters. The minimum atomic E-state index is -3.72. The van der Waals surface area contributed by atoms with Crippen molar-refractivity contribution in [3.8, 4) is 0 Å². The summed E-state index contributed by atoms with van der Waals surface area (Å²) in [5.74, 6) is -0.297. The van der Waals surface area contributed by atoms with Crippen LogP contribution in [-0.4, -0.2) is 56.2 Å². The third kappa shape index (κ3) is 3.19. The molecular formula is C9H14ClN3O3S2. The second-order valence-corrected chi connectivity index (χ2v) is 7.71. The molecule has 0 N–H and O–H groups in total. The highest BCUT2D eigenvalue weighted by Gasteiger charge is 2.28. The van der Waals surface area contributed by atoms with Crippen LogP contribution in [0.25, 0.3) is 0 Å². The van der Waals surface area contributed by atoms with Crippen molar-refractivity contribution >= 4 is 38.9 Å². The largest absolute Gasteiger partial charge is 0.348 e. The van der Waals surface area contributed by atoms with Crippen LogP contribution in [0.4, 0.5) is 0 Å². The summed E-state index contributed by atoms with van der Waals surface area (Å²) in [6.45, 7) is 1.35. The predicted molar refractivity (Wildman–Crippen MR) is 70.4 cm³/mol. The minimum absolute atomic E-state index is 0.0709. The van der Waals surface area contributed by atoms with E-state index in [-0.39, 0.29) is 21.1 Å². The number of hydrogen-bond donors (Lipinski definition) is 0. The average molecular weight is 312 g/mol. The average Bonchev–Trinajstić information content (AvgIpc) is 2.57. The second-order valence-electron chi connectivity index (χ2n) is 3.89. The van der Waals surface area contributed by atoms with Crippen molar-refractivity contribution in [2.75, 3.05) is 27.7 Å². The molecule has 1 amide bonds. The second kappa shape index (κ2) is 5.52. The van der Waals surface area contributed by atoms with Crippen molar-refractivity contribution in [2.24, 2.45) is 0 Å². The van der Waals surface area contributed by atoms with Crippen molar-refractivity contribution in [2.45, 2.75) is 11.1 Å². The molecule has 0 spiro atoms. The van der Waals surface area contributed by atoms with Gasteiger partial charge in [-0.3, -0.25) is 4.79 Å². The summed E-state index contributed by atoms with van der Waals surface area (Å²) in [5.41, 5.74) is 0.342. The standard InChI is InChI=1S/C9H14ClN3O3S2/c1-6-8(17-9(10)11-6)18(15,16)13(4)5-7(14)12(2)3/h5H2,1-4H3. The van der Waals surface area contributed by atoms with Crippen LogP contribution in [0.2, 0.25) is 4.47 Å². The van der Waals surface area contributed by atoms with Crippen molar-refractivity contribution < 1.29 is 13.2 Å². The molecule has 0 aliphatic rings. The quantitative estimate of drug-likeness (QED) is 0.825. The van der Waals surface area contributed by atoms with Gasteiger partial charge in [0.05, 0.1) is 12.2 Å². The Hall–Kier alpha value is -0.700. The number of thiazole rings is 1. The molecule has 1 rings (SSSR count). The van der Waals surface area contributed by atoms with E-state index >= 15 is 0 Å². The van der Waals surface area contributed by atoms with Gasteiger partial charge in [-0.1, -0.05) is 22.9 Å². The normalized spacial score (nSPS) is 11.9. The zero-order valence-electron chi connectivity index (χ0n) is 10.5. The first kappa shape index (κ1) is 15.4. The molecule has 1 aromatic rings. The lowest BCUT2D eigenvalue weighted by Gasteiger charge is -2.18. The summed E-state index contributed by atoms with van der Waals surface area (Å²) in [7, 11) is 0.765. The lowest BCUT2D eigenvalue weighted by molar-refractivity contribution is -0.128. The number of amides is 1. The summed E-state index contributed by atoms with van der Waals surface area (Å²) >= 11 is 6.57. The van der Waals surface area contributed by atoms with E-state index in [4.69, 9.17) is 11.6 Å². The van der Waals surface area contributed by atoms with Gasteiger partial charge >= 0.3 is 0 Å². The highest BCUT2D eigenvalue weighted by molar-refractivity contribution is 7.91. The fourth-order valence-electron chi connectivity index (χ4n) is 1.15. The molecular weight excluding hydrogens is 298 g/mol. The van der Waals surface area contributed by atoms with Gasteiger partial charge in [0.1, 0.15) is 0 Å². The van der Waals surface area contributed by atoms with Gasteiger partial charge < -0.3 is 4.90 Å². The molecule has 0 aromatic carbocycles. The van der Waals surface area contributed by atoms with E-state index in [1.54, 1.807) is 21.0 Å². The summed E-state index contributed by atoms with van der Waals surface area (Å²) in [5, 5.41) is 0. The van der Waals surface area contributed by atoms with E-state index in [1.807, 2.05) is 0 Å². The lowest BCUT2D eigenvalue weighted by atomic mass is 10.5. The predicted octanol–water partition coefficient (Wildman–Crippen LogP) is 0.814. The number of aryl methyl sites for hydroxylation is 1. The number of hydrogen-bond acceptors (Lipinski definition) is 5. The number of sulfonamides is 1. The van der Waals surface area contributed by atoms with E-state index in [0.717, 1.165) is 15.6 Å². The molecule has 0 bridgehead atoms. The molecule has 0 saturated heterocycles. The number of likely N-dealkylation sites (N-methyl/N-ethyl adjacent to an activating group) is 2. The Morgan fingerprint density at radius 2 is 1.94 bits per heavy atom. The Labute approximate surface area is 115 Å². The van der Waals surface area contributed by atoms with Gasteiger partial charge in [-0.2, -0.15) is 4.31 Å². The van der Waals surface area contributed by atoms with Crippen molar-refractivity contribution in [3.63, 3.8) is 0 Å². The lowest BCUT2D eigenvalue weighted by Crippen LogP contribution is -2.37. The van der Waals surface area contributed by atoms with Crippen LogP contribution in [0.1, 0.15) is 5.69 Å². The van der Waals surface area contributed by atoms with Gasteiger partial charge in [0.25, 0.3) is 10.0 Å². The van der Waals surface area contributed by atoms with Crippen molar-refractivity contribution in [1.29, 1.82) is 0 Å². The Kier molecular flexibility index (Phi) is 4.71. The summed E-state index contributed by atoms with van der Waals surface area (Å²) in [6.07, 6.45) is 0. The topological polar surface area (TPSA) is 70.6 Å². The summed E-state index contributed by atoms with van der Waals surface area (Å²) in [6, 6.07) is 0. The Morgan fingerprint density at radius 1 is 1.39 bits per heavy atom. The first-order chi connectivity index (χ1) is 8.16. The molecule has 18 heavy (non-hydrogen) atoms.